The number of ketones is 1. The highest BCUT2D eigenvalue weighted by Gasteiger charge is 2.35. The van der Waals surface area contributed by atoms with Crippen LogP contribution in [0, 0.1) is 5.92 Å². The van der Waals surface area contributed by atoms with Crippen LogP contribution in [0.1, 0.15) is 23.2 Å². The summed E-state index contributed by atoms with van der Waals surface area (Å²) in [7, 11) is 0. The molecule has 2 atom stereocenters. The quantitative estimate of drug-likeness (QED) is 0.884. The summed E-state index contributed by atoms with van der Waals surface area (Å²) in [6.45, 7) is 1.46. The van der Waals surface area contributed by atoms with E-state index in [1.807, 2.05) is 42.5 Å². The van der Waals surface area contributed by atoms with E-state index in [0.717, 1.165) is 37.2 Å². The minimum Gasteiger partial charge on any atom is -0.378 e. The Kier molecular flexibility index (Phi) is 3.98. The van der Waals surface area contributed by atoms with Gasteiger partial charge in [-0.3, -0.25) is 4.79 Å². The van der Waals surface area contributed by atoms with Gasteiger partial charge >= 0.3 is 0 Å². The van der Waals surface area contributed by atoms with E-state index >= 15 is 0 Å². The van der Waals surface area contributed by atoms with Crippen LogP contribution in [-0.2, 0) is 4.74 Å². The van der Waals surface area contributed by atoms with Gasteiger partial charge in [0.2, 0.25) is 0 Å². The first-order valence-corrected chi connectivity index (χ1v) is 8.33. The number of Topliss-reactive ketones (excluding diaryl/α,β-unsaturated/α-hetero) is 1. The summed E-state index contributed by atoms with van der Waals surface area (Å²) >= 11 is 0. The van der Waals surface area contributed by atoms with Crippen LogP contribution in [0.15, 0.2) is 54.6 Å². The van der Waals surface area contributed by atoms with E-state index in [4.69, 9.17) is 4.74 Å². The summed E-state index contributed by atoms with van der Waals surface area (Å²) in [4.78, 5) is 12.8. The first-order chi connectivity index (χ1) is 11.3. The Bertz CT molecular complexity index is 669. The molecular weight excluding hydrogens is 286 g/mol. The topological polar surface area (TPSA) is 38.3 Å². The largest absolute Gasteiger partial charge is 0.378 e. The Balaban J connectivity index is 1.50. The number of hydrogen-bond acceptors (Lipinski definition) is 3. The summed E-state index contributed by atoms with van der Waals surface area (Å²) in [5, 5.41) is 3.54. The van der Waals surface area contributed by atoms with Gasteiger partial charge < -0.3 is 10.1 Å². The van der Waals surface area contributed by atoms with E-state index in [0.29, 0.717) is 12.1 Å². The first-order valence-electron chi connectivity index (χ1n) is 8.33. The zero-order valence-electron chi connectivity index (χ0n) is 13.1. The number of carbonyl (C=O) groups is 1. The van der Waals surface area contributed by atoms with E-state index in [9.17, 15) is 4.79 Å². The molecule has 2 bridgehead atoms. The van der Waals surface area contributed by atoms with Crippen molar-refractivity contribution in [1.82, 2.24) is 5.32 Å². The molecule has 2 aliphatic heterocycles. The molecule has 118 valence electrons. The van der Waals surface area contributed by atoms with Crippen molar-refractivity contribution in [3.8, 4) is 11.1 Å². The van der Waals surface area contributed by atoms with Gasteiger partial charge in [0.1, 0.15) is 0 Å². The van der Waals surface area contributed by atoms with Crippen molar-refractivity contribution in [2.24, 2.45) is 5.92 Å². The monoisotopic (exact) mass is 307 g/mol. The zero-order chi connectivity index (χ0) is 15.6. The molecule has 0 spiro atoms. The van der Waals surface area contributed by atoms with E-state index < -0.39 is 0 Å². The fourth-order valence-electron chi connectivity index (χ4n) is 3.74. The molecule has 2 saturated heterocycles. The third kappa shape index (κ3) is 3.07. The highest BCUT2D eigenvalue weighted by molar-refractivity contribution is 5.98. The summed E-state index contributed by atoms with van der Waals surface area (Å²) in [5.41, 5.74) is 3.16. The lowest BCUT2D eigenvalue weighted by Gasteiger charge is -2.39. The first kappa shape index (κ1) is 14.6. The number of carbonyl (C=O) groups excluding carboxylic acids is 1. The van der Waals surface area contributed by atoms with Crippen molar-refractivity contribution in [2.45, 2.75) is 24.9 Å². The Hall–Kier alpha value is -1.97. The van der Waals surface area contributed by atoms with E-state index in [2.05, 4.69) is 17.4 Å². The molecule has 2 unspecified atom stereocenters. The van der Waals surface area contributed by atoms with Crippen LogP contribution in [0.3, 0.4) is 0 Å². The maximum Gasteiger partial charge on any atom is 0.166 e. The predicted molar refractivity (Wildman–Crippen MR) is 90.5 cm³/mol. The van der Waals surface area contributed by atoms with Crippen molar-refractivity contribution >= 4 is 5.78 Å². The van der Waals surface area contributed by atoms with Crippen LogP contribution < -0.4 is 5.32 Å². The molecule has 2 aromatic rings. The molecule has 2 fully saturated rings. The highest BCUT2D eigenvalue weighted by Crippen LogP contribution is 2.28. The molecule has 4 rings (SSSR count). The van der Waals surface area contributed by atoms with Crippen molar-refractivity contribution in [3.05, 3.63) is 60.2 Å². The Morgan fingerprint density at radius 3 is 2.13 bits per heavy atom. The Labute approximate surface area is 136 Å². The Morgan fingerprint density at radius 2 is 1.48 bits per heavy atom. The number of ether oxygens (including phenoxy) is 1. The average molecular weight is 307 g/mol. The van der Waals surface area contributed by atoms with Crippen LogP contribution in [0.5, 0.6) is 0 Å². The average Bonchev–Trinajstić information content (AvgIpc) is 2.62. The second kappa shape index (κ2) is 6.26. The standard InChI is InChI=1S/C20H21NO2/c22-20(17-10-18-12-23-13-19(11-17)21-18)16-8-6-15(7-9-16)14-4-2-1-3-5-14/h1-9,17-19,21H,10-13H2. The van der Waals surface area contributed by atoms with Crippen molar-refractivity contribution in [2.75, 3.05) is 13.2 Å². The molecule has 0 amide bonds. The van der Waals surface area contributed by atoms with Gasteiger partial charge in [0.15, 0.2) is 5.78 Å². The lowest BCUT2D eigenvalue weighted by atomic mass is 9.82. The molecule has 0 saturated carbocycles. The Morgan fingerprint density at radius 1 is 0.870 bits per heavy atom. The number of piperidine rings is 1. The van der Waals surface area contributed by atoms with Crippen molar-refractivity contribution < 1.29 is 9.53 Å². The van der Waals surface area contributed by atoms with Gasteiger partial charge in [0.05, 0.1) is 13.2 Å². The molecular formula is C20H21NO2. The number of nitrogens with one attached hydrogen (secondary N) is 1. The van der Waals surface area contributed by atoms with Gasteiger partial charge in [-0.2, -0.15) is 0 Å². The predicted octanol–water partition coefficient (Wildman–Crippen LogP) is 3.30. The second-order valence-electron chi connectivity index (χ2n) is 6.57. The minimum absolute atomic E-state index is 0.123. The maximum atomic E-state index is 12.8. The summed E-state index contributed by atoms with van der Waals surface area (Å²) in [6.07, 6.45) is 1.77. The number of fused-ring (bicyclic) bond motifs is 2. The minimum atomic E-state index is 0.123. The van der Waals surface area contributed by atoms with Crippen molar-refractivity contribution in [3.63, 3.8) is 0 Å². The maximum absolute atomic E-state index is 12.8. The summed E-state index contributed by atoms with van der Waals surface area (Å²) in [6, 6.07) is 19.0. The van der Waals surface area contributed by atoms with E-state index in [-0.39, 0.29) is 11.7 Å². The van der Waals surface area contributed by atoms with Crippen LogP contribution in [0.25, 0.3) is 11.1 Å². The van der Waals surface area contributed by atoms with Gasteiger partial charge in [-0.15, -0.1) is 0 Å². The van der Waals surface area contributed by atoms with Gasteiger partial charge in [0, 0.05) is 23.6 Å². The molecule has 0 radical (unpaired) electrons. The van der Waals surface area contributed by atoms with Gasteiger partial charge in [-0.1, -0.05) is 54.6 Å². The summed E-state index contributed by atoms with van der Waals surface area (Å²) < 4.78 is 5.56. The molecule has 23 heavy (non-hydrogen) atoms. The third-order valence-corrected chi connectivity index (χ3v) is 4.89. The molecule has 3 nitrogen and oxygen atoms in total. The molecule has 2 aromatic carbocycles. The van der Waals surface area contributed by atoms with Crippen molar-refractivity contribution in [1.29, 1.82) is 0 Å². The van der Waals surface area contributed by atoms with E-state index in [1.54, 1.807) is 0 Å². The number of morpholine rings is 1. The lowest BCUT2D eigenvalue weighted by Crippen LogP contribution is -2.55. The SMILES string of the molecule is O=C(c1ccc(-c2ccccc2)cc1)C1CC2COCC(C1)N2. The summed E-state index contributed by atoms with van der Waals surface area (Å²) in [5.74, 6) is 0.403. The smallest absolute Gasteiger partial charge is 0.166 e. The van der Waals surface area contributed by atoms with E-state index in [1.165, 1.54) is 5.56 Å². The van der Waals surface area contributed by atoms with Crippen LogP contribution >= 0.6 is 0 Å². The molecule has 0 aliphatic carbocycles. The zero-order valence-corrected chi connectivity index (χ0v) is 13.1. The number of benzene rings is 2. The van der Waals surface area contributed by atoms with Gasteiger partial charge in [0.25, 0.3) is 0 Å². The number of hydrogen-bond donors (Lipinski definition) is 1. The van der Waals surface area contributed by atoms with Gasteiger partial charge in [-0.25, -0.2) is 0 Å². The van der Waals surface area contributed by atoms with Crippen LogP contribution in [0.4, 0.5) is 0 Å². The van der Waals surface area contributed by atoms with Gasteiger partial charge in [-0.05, 0) is 24.0 Å². The normalized spacial score (nSPS) is 26.7. The second-order valence-corrected chi connectivity index (χ2v) is 6.57. The highest BCUT2D eigenvalue weighted by atomic mass is 16.5. The molecule has 2 heterocycles. The van der Waals surface area contributed by atoms with Crippen LogP contribution in [-0.4, -0.2) is 31.1 Å². The fraction of sp³-hybridized carbons (Fsp3) is 0.350. The molecule has 3 heteroatoms. The molecule has 2 aliphatic rings. The third-order valence-electron chi connectivity index (χ3n) is 4.89. The lowest BCUT2D eigenvalue weighted by molar-refractivity contribution is 0.00953. The number of rotatable bonds is 3. The molecule has 0 aromatic heterocycles. The fourth-order valence-corrected chi connectivity index (χ4v) is 3.74. The van der Waals surface area contributed by atoms with Crippen LogP contribution in [0.2, 0.25) is 0 Å². The molecule has 1 N–H and O–H groups in total.